The van der Waals surface area contributed by atoms with Gasteiger partial charge >= 0.3 is 0 Å². The molecular formula is C22H31N3O4S. The van der Waals surface area contributed by atoms with Gasteiger partial charge in [0.15, 0.2) is 16.3 Å². The number of carbonyl (C=O) groups is 1. The summed E-state index contributed by atoms with van der Waals surface area (Å²) in [6.45, 7) is 5.13. The van der Waals surface area contributed by atoms with Crippen molar-refractivity contribution in [2.75, 3.05) is 13.2 Å². The summed E-state index contributed by atoms with van der Waals surface area (Å²) in [6, 6.07) is 3.75. The number of aromatic amines is 1. The highest BCUT2D eigenvalue weighted by Crippen LogP contribution is 2.30. The van der Waals surface area contributed by atoms with Gasteiger partial charge in [-0.25, -0.2) is 0 Å². The van der Waals surface area contributed by atoms with E-state index in [2.05, 4.69) is 10.3 Å². The van der Waals surface area contributed by atoms with Gasteiger partial charge in [0.1, 0.15) is 0 Å². The first-order valence-corrected chi connectivity index (χ1v) is 11.3. The molecular weight excluding hydrogens is 402 g/mol. The van der Waals surface area contributed by atoms with Gasteiger partial charge in [-0.1, -0.05) is 19.3 Å². The van der Waals surface area contributed by atoms with E-state index in [4.69, 9.17) is 21.7 Å². The largest absolute Gasteiger partial charge is 0.490 e. The van der Waals surface area contributed by atoms with Crippen LogP contribution in [0.4, 0.5) is 0 Å². The number of fused-ring (bicyclic) bond motifs is 1. The maximum Gasteiger partial charge on any atom is 0.262 e. The van der Waals surface area contributed by atoms with E-state index >= 15 is 0 Å². The van der Waals surface area contributed by atoms with Crippen LogP contribution < -0.4 is 20.3 Å². The smallest absolute Gasteiger partial charge is 0.262 e. The number of carbonyl (C=O) groups excluding carboxylic acids is 1. The van der Waals surface area contributed by atoms with Crippen LogP contribution >= 0.6 is 12.2 Å². The van der Waals surface area contributed by atoms with Crippen LogP contribution in [0, 0.1) is 4.77 Å². The third kappa shape index (κ3) is 5.41. The molecule has 0 aliphatic heterocycles. The molecule has 1 aliphatic rings. The van der Waals surface area contributed by atoms with Gasteiger partial charge in [-0.15, -0.1) is 0 Å². The minimum absolute atomic E-state index is 0.0469. The third-order valence-electron chi connectivity index (χ3n) is 5.40. The third-order valence-corrected chi connectivity index (χ3v) is 5.72. The van der Waals surface area contributed by atoms with Crippen LogP contribution in [0.2, 0.25) is 0 Å². The van der Waals surface area contributed by atoms with E-state index in [1.54, 1.807) is 12.1 Å². The SMILES string of the molecule is CCOc1cc2[nH]c(=S)n(CCCC(=O)NC3CCCCC3)c(=O)c2cc1OCC. The molecule has 1 aromatic heterocycles. The number of benzene rings is 1. The van der Waals surface area contributed by atoms with Gasteiger partial charge in [-0.05, 0) is 51.4 Å². The average molecular weight is 434 g/mol. The van der Waals surface area contributed by atoms with E-state index in [1.807, 2.05) is 13.8 Å². The highest BCUT2D eigenvalue weighted by Gasteiger charge is 2.16. The molecule has 1 aromatic carbocycles. The lowest BCUT2D eigenvalue weighted by molar-refractivity contribution is -0.122. The van der Waals surface area contributed by atoms with Crippen molar-refractivity contribution in [3.05, 3.63) is 27.3 Å². The molecule has 8 heteroatoms. The molecule has 164 valence electrons. The van der Waals surface area contributed by atoms with Crippen LogP contribution in [0.25, 0.3) is 10.9 Å². The van der Waals surface area contributed by atoms with E-state index in [0.29, 0.717) is 65.8 Å². The molecule has 1 amide bonds. The van der Waals surface area contributed by atoms with Gasteiger partial charge in [-0.3, -0.25) is 14.2 Å². The molecule has 30 heavy (non-hydrogen) atoms. The predicted octanol–water partition coefficient (Wildman–Crippen LogP) is 4.09. The topological polar surface area (TPSA) is 85.4 Å². The highest BCUT2D eigenvalue weighted by molar-refractivity contribution is 7.71. The maximum absolute atomic E-state index is 13.0. The first kappa shape index (κ1) is 22.3. The number of H-pyrrole nitrogens is 1. The van der Waals surface area contributed by atoms with E-state index in [-0.39, 0.29) is 11.5 Å². The second-order valence-corrected chi connectivity index (χ2v) is 7.99. The van der Waals surface area contributed by atoms with Crippen molar-refractivity contribution in [3.63, 3.8) is 0 Å². The molecule has 1 saturated carbocycles. The first-order valence-electron chi connectivity index (χ1n) is 10.9. The monoisotopic (exact) mass is 433 g/mol. The van der Waals surface area contributed by atoms with Gasteiger partial charge < -0.3 is 19.8 Å². The molecule has 0 unspecified atom stereocenters. The predicted molar refractivity (Wildman–Crippen MR) is 120 cm³/mol. The summed E-state index contributed by atoms with van der Waals surface area (Å²) in [7, 11) is 0. The van der Waals surface area contributed by atoms with E-state index in [9.17, 15) is 9.59 Å². The molecule has 1 fully saturated rings. The van der Waals surface area contributed by atoms with Gasteiger partial charge in [-0.2, -0.15) is 0 Å². The number of ether oxygens (including phenoxy) is 2. The van der Waals surface area contributed by atoms with Crippen molar-refractivity contribution in [2.45, 2.75) is 71.4 Å². The number of hydrogen-bond acceptors (Lipinski definition) is 5. The lowest BCUT2D eigenvalue weighted by atomic mass is 9.95. The summed E-state index contributed by atoms with van der Waals surface area (Å²) in [5.41, 5.74) is 0.425. The summed E-state index contributed by atoms with van der Waals surface area (Å²) in [5, 5.41) is 3.60. The second kappa shape index (κ2) is 10.6. The molecule has 0 atom stereocenters. The fourth-order valence-corrected chi connectivity index (χ4v) is 4.23. The number of hydrogen-bond donors (Lipinski definition) is 2. The Hall–Kier alpha value is -2.35. The summed E-state index contributed by atoms with van der Waals surface area (Å²) in [6.07, 6.45) is 6.68. The summed E-state index contributed by atoms with van der Waals surface area (Å²) in [5.74, 6) is 1.16. The van der Waals surface area contributed by atoms with E-state index in [0.717, 1.165) is 12.8 Å². The van der Waals surface area contributed by atoms with Gasteiger partial charge in [0.2, 0.25) is 5.91 Å². The zero-order valence-electron chi connectivity index (χ0n) is 17.8. The fourth-order valence-electron chi connectivity index (χ4n) is 3.94. The Bertz CT molecular complexity index is 992. The van der Waals surface area contributed by atoms with Gasteiger partial charge in [0.25, 0.3) is 5.56 Å². The molecule has 0 saturated heterocycles. The summed E-state index contributed by atoms with van der Waals surface area (Å²) in [4.78, 5) is 28.4. The first-order chi connectivity index (χ1) is 14.5. The zero-order valence-corrected chi connectivity index (χ0v) is 18.6. The van der Waals surface area contributed by atoms with Crippen molar-refractivity contribution in [2.24, 2.45) is 0 Å². The molecule has 0 radical (unpaired) electrons. The number of nitrogens with zero attached hydrogens (tertiary/aromatic N) is 1. The highest BCUT2D eigenvalue weighted by atomic mass is 32.1. The lowest BCUT2D eigenvalue weighted by Crippen LogP contribution is -2.36. The zero-order chi connectivity index (χ0) is 21.5. The standard InChI is InChI=1S/C22H31N3O4S/c1-3-28-18-13-16-17(14-19(18)29-4-2)24-22(30)25(21(16)27)12-8-11-20(26)23-15-9-6-5-7-10-15/h13-15H,3-12H2,1-2H3,(H,23,26)(H,24,30). The Kier molecular flexibility index (Phi) is 7.90. The van der Waals surface area contributed by atoms with Crippen molar-refractivity contribution in [1.82, 2.24) is 14.9 Å². The second-order valence-electron chi connectivity index (χ2n) is 7.60. The van der Waals surface area contributed by atoms with Crippen LogP contribution in [0.5, 0.6) is 11.5 Å². The van der Waals surface area contributed by atoms with Crippen LogP contribution in [0.15, 0.2) is 16.9 Å². The minimum Gasteiger partial charge on any atom is -0.490 e. The van der Waals surface area contributed by atoms with Crippen LogP contribution in [-0.4, -0.2) is 34.7 Å². The Balaban J connectivity index is 1.73. The van der Waals surface area contributed by atoms with Crippen molar-refractivity contribution < 1.29 is 14.3 Å². The van der Waals surface area contributed by atoms with E-state index in [1.165, 1.54) is 23.8 Å². The summed E-state index contributed by atoms with van der Waals surface area (Å²) < 4.78 is 13.1. The molecule has 0 spiro atoms. The summed E-state index contributed by atoms with van der Waals surface area (Å²) >= 11 is 5.40. The molecule has 1 heterocycles. The number of nitrogens with one attached hydrogen (secondary N) is 2. The van der Waals surface area contributed by atoms with Crippen molar-refractivity contribution in [3.8, 4) is 11.5 Å². The minimum atomic E-state index is -0.189. The Morgan fingerprint density at radius 1 is 1.17 bits per heavy atom. The van der Waals surface area contributed by atoms with Crippen LogP contribution in [0.1, 0.15) is 58.8 Å². The van der Waals surface area contributed by atoms with Crippen LogP contribution in [0.3, 0.4) is 0 Å². The quantitative estimate of drug-likeness (QED) is 0.582. The number of amides is 1. The maximum atomic E-state index is 13.0. The van der Waals surface area contributed by atoms with Crippen molar-refractivity contribution >= 4 is 29.0 Å². The van der Waals surface area contributed by atoms with Crippen LogP contribution in [-0.2, 0) is 11.3 Å². The Morgan fingerprint density at radius 2 is 1.83 bits per heavy atom. The molecule has 1 aliphatic carbocycles. The molecule has 2 N–H and O–H groups in total. The number of rotatable bonds is 9. The van der Waals surface area contributed by atoms with Gasteiger partial charge in [0.05, 0.1) is 24.1 Å². The average Bonchev–Trinajstić information content (AvgIpc) is 2.72. The normalized spacial score (nSPS) is 14.6. The fraction of sp³-hybridized carbons (Fsp3) is 0.591. The molecule has 2 aromatic rings. The molecule has 3 rings (SSSR count). The Labute approximate surface area is 181 Å². The molecule has 0 bridgehead atoms. The lowest BCUT2D eigenvalue weighted by Gasteiger charge is -2.22. The van der Waals surface area contributed by atoms with E-state index < -0.39 is 0 Å². The van der Waals surface area contributed by atoms with Crippen molar-refractivity contribution in [1.29, 1.82) is 0 Å². The number of aromatic nitrogens is 2. The van der Waals surface area contributed by atoms with Gasteiger partial charge in [0, 0.05) is 25.1 Å². The Morgan fingerprint density at radius 3 is 2.50 bits per heavy atom. The molecule has 7 nitrogen and oxygen atoms in total.